The Labute approximate surface area is 192 Å². The van der Waals surface area contributed by atoms with Crippen LogP contribution in [0.2, 0.25) is 0 Å². The van der Waals surface area contributed by atoms with E-state index < -0.39 is 28.5 Å². The molecule has 1 N–H and O–H groups in total. The molecule has 1 atom stereocenters. The number of anilines is 1. The van der Waals surface area contributed by atoms with Crippen molar-refractivity contribution in [1.29, 1.82) is 0 Å². The van der Waals surface area contributed by atoms with E-state index in [2.05, 4.69) is 5.32 Å². The van der Waals surface area contributed by atoms with Gasteiger partial charge in [0, 0.05) is 6.07 Å². The lowest BCUT2D eigenvalue weighted by Crippen LogP contribution is -2.41. The van der Waals surface area contributed by atoms with Crippen molar-refractivity contribution in [2.45, 2.75) is 17.9 Å². The molecule has 0 aromatic heterocycles. The third-order valence-electron chi connectivity index (χ3n) is 5.02. The summed E-state index contributed by atoms with van der Waals surface area (Å²) in [6, 6.07) is 17.7. The van der Waals surface area contributed by atoms with E-state index in [-0.39, 0.29) is 16.4 Å². The first kappa shape index (κ1) is 24.1. The highest BCUT2D eigenvalue weighted by Crippen LogP contribution is 2.33. The standard InChI is InChI=1S/C24H25FN2O5S/c1-17(18-9-11-19(25)12-10-18)26-24(28)16-27(33(29,30)21-7-5-4-6-8-21)20-13-14-22(31-2)23(15-20)32-3/h4-15,17H,16H2,1-3H3,(H,26,28)/t17-/m0/s1. The summed E-state index contributed by atoms with van der Waals surface area (Å²) < 4.78 is 51.6. The first-order valence-corrected chi connectivity index (χ1v) is 11.5. The lowest BCUT2D eigenvalue weighted by atomic mass is 10.1. The summed E-state index contributed by atoms with van der Waals surface area (Å²) in [5.41, 5.74) is 0.925. The minimum absolute atomic E-state index is 0.0409. The Hall–Kier alpha value is -3.59. The summed E-state index contributed by atoms with van der Waals surface area (Å²) in [7, 11) is -1.16. The molecule has 3 rings (SSSR count). The summed E-state index contributed by atoms with van der Waals surface area (Å²) in [6.07, 6.45) is 0. The van der Waals surface area contributed by atoms with E-state index in [1.807, 2.05) is 0 Å². The molecule has 0 aliphatic heterocycles. The topological polar surface area (TPSA) is 84.9 Å². The Kier molecular flexibility index (Phi) is 7.55. The number of methoxy groups -OCH3 is 2. The molecule has 7 nitrogen and oxygen atoms in total. The van der Waals surface area contributed by atoms with Gasteiger partial charge in [0.1, 0.15) is 12.4 Å². The second kappa shape index (κ2) is 10.4. The average molecular weight is 473 g/mol. The molecule has 3 aromatic carbocycles. The molecule has 0 saturated heterocycles. The van der Waals surface area contributed by atoms with Gasteiger partial charge in [0.2, 0.25) is 5.91 Å². The molecule has 1 amide bonds. The molecule has 0 aliphatic rings. The van der Waals surface area contributed by atoms with Crippen molar-refractivity contribution in [3.05, 3.63) is 84.2 Å². The van der Waals surface area contributed by atoms with E-state index in [0.29, 0.717) is 17.1 Å². The van der Waals surface area contributed by atoms with E-state index in [9.17, 15) is 17.6 Å². The fraction of sp³-hybridized carbons (Fsp3) is 0.208. The maximum atomic E-state index is 13.4. The third-order valence-corrected chi connectivity index (χ3v) is 6.81. The SMILES string of the molecule is COc1ccc(N(CC(=O)N[C@@H](C)c2ccc(F)cc2)S(=O)(=O)c2ccccc2)cc1OC. The molecule has 0 radical (unpaired) electrons. The van der Waals surface area contributed by atoms with E-state index in [1.165, 1.54) is 44.6 Å². The van der Waals surface area contributed by atoms with Crippen molar-refractivity contribution in [3.8, 4) is 11.5 Å². The van der Waals surface area contributed by atoms with Gasteiger partial charge >= 0.3 is 0 Å². The van der Waals surface area contributed by atoms with Crippen LogP contribution >= 0.6 is 0 Å². The van der Waals surface area contributed by atoms with Crippen molar-refractivity contribution < 1.29 is 27.1 Å². The molecule has 9 heteroatoms. The molecular formula is C24H25FN2O5S. The Morgan fingerprint density at radius 2 is 1.61 bits per heavy atom. The van der Waals surface area contributed by atoms with E-state index in [1.54, 1.807) is 49.4 Å². The van der Waals surface area contributed by atoms with Gasteiger partial charge in [-0.25, -0.2) is 12.8 Å². The monoisotopic (exact) mass is 472 g/mol. The number of carbonyl (C=O) groups excluding carboxylic acids is 1. The molecule has 0 aliphatic carbocycles. The molecule has 33 heavy (non-hydrogen) atoms. The molecule has 0 unspecified atom stereocenters. The maximum Gasteiger partial charge on any atom is 0.264 e. The minimum atomic E-state index is -4.07. The Balaban J connectivity index is 1.93. The van der Waals surface area contributed by atoms with Crippen LogP contribution in [0.3, 0.4) is 0 Å². The van der Waals surface area contributed by atoms with Crippen LogP contribution in [0.25, 0.3) is 0 Å². The predicted octanol–water partition coefficient (Wildman–Crippen LogP) is 3.92. The first-order valence-electron chi connectivity index (χ1n) is 10.1. The van der Waals surface area contributed by atoms with Crippen LogP contribution in [0, 0.1) is 5.82 Å². The number of benzene rings is 3. The van der Waals surface area contributed by atoms with Crippen LogP contribution in [0.15, 0.2) is 77.7 Å². The fourth-order valence-corrected chi connectivity index (χ4v) is 4.70. The quantitative estimate of drug-likeness (QED) is 0.510. The van der Waals surface area contributed by atoms with Crippen LogP contribution in [-0.2, 0) is 14.8 Å². The van der Waals surface area contributed by atoms with Crippen molar-refractivity contribution in [2.24, 2.45) is 0 Å². The van der Waals surface area contributed by atoms with Crippen molar-refractivity contribution >= 4 is 21.6 Å². The average Bonchev–Trinajstić information content (AvgIpc) is 2.83. The zero-order chi connectivity index (χ0) is 24.0. The Morgan fingerprint density at radius 1 is 0.970 bits per heavy atom. The summed E-state index contributed by atoms with van der Waals surface area (Å²) in [5, 5.41) is 2.77. The van der Waals surface area contributed by atoms with Crippen molar-refractivity contribution in [3.63, 3.8) is 0 Å². The number of nitrogens with one attached hydrogen (secondary N) is 1. The highest BCUT2D eigenvalue weighted by Gasteiger charge is 2.28. The third kappa shape index (κ3) is 5.61. The van der Waals surface area contributed by atoms with Gasteiger partial charge in [0.25, 0.3) is 10.0 Å². The number of rotatable bonds is 9. The second-order valence-corrected chi connectivity index (χ2v) is 9.07. The van der Waals surface area contributed by atoms with Crippen LogP contribution in [0.1, 0.15) is 18.5 Å². The fourth-order valence-electron chi connectivity index (χ4n) is 3.27. The van der Waals surface area contributed by atoms with Gasteiger partial charge in [-0.1, -0.05) is 30.3 Å². The Morgan fingerprint density at radius 3 is 2.21 bits per heavy atom. The summed E-state index contributed by atoms with van der Waals surface area (Å²) >= 11 is 0. The second-order valence-electron chi connectivity index (χ2n) is 7.20. The molecule has 3 aromatic rings. The molecule has 174 valence electrons. The zero-order valence-corrected chi connectivity index (χ0v) is 19.3. The highest BCUT2D eigenvalue weighted by atomic mass is 32.2. The van der Waals surface area contributed by atoms with Gasteiger partial charge in [-0.3, -0.25) is 9.10 Å². The highest BCUT2D eigenvalue weighted by molar-refractivity contribution is 7.92. The number of amides is 1. The normalized spacial score (nSPS) is 12.0. The van der Waals surface area contributed by atoms with Crippen LogP contribution in [-0.4, -0.2) is 35.1 Å². The Bertz CT molecular complexity index is 1200. The number of nitrogens with zero attached hydrogens (tertiary/aromatic N) is 1. The maximum absolute atomic E-state index is 13.4. The van der Waals surface area contributed by atoms with Crippen LogP contribution in [0.4, 0.5) is 10.1 Å². The molecule has 0 fully saturated rings. The predicted molar refractivity (Wildman–Crippen MR) is 123 cm³/mol. The molecular weight excluding hydrogens is 447 g/mol. The molecule has 0 saturated carbocycles. The minimum Gasteiger partial charge on any atom is -0.493 e. The number of hydrogen-bond donors (Lipinski definition) is 1. The molecule has 0 bridgehead atoms. The summed E-state index contributed by atoms with van der Waals surface area (Å²) in [5.74, 6) is -0.164. The van der Waals surface area contributed by atoms with E-state index in [4.69, 9.17) is 9.47 Å². The van der Waals surface area contributed by atoms with Gasteiger partial charge in [-0.2, -0.15) is 0 Å². The van der Waals surface area contributed by atoms with Gasteiger partial charge in [0.15, 0.2) is 11.5 Å². The largest absolute Gasteiger partial charge is 0.493 e. The number of sulfonamides is 1. The molecule has 0 spiro atoms. The smallest absolute Gasteiger partial charge is 0.264 e. The van der Waals surface area contributed by atoms with Gasteiger partial charge in [-0.05, 0) is 48.9 Å². The summed E-state index contributed by atoms with van der Waals surface area (Å²) in [6.45, 7) is 1.26. The number of carbonyl (C=O) groups is 1. The number of ether oxygens (including phenoxy) is 2. The van der Waals surface area contributed by atoms with Gasteiger partial charge in [0.05, 0.1) is 30.8 Å². The van der Waals surface area contributed by atoms with Crippen LogP contribution in [0.5, 0.6) is 11.5 Å². The number of halogens is 1. The van der Waals surface area contributed by atoms with E-state index >= 15 is 0 Å². The van der Waals surface area contributed by atoms with Gasteiger partial charge in [-0.15, -0.1) is 0 Å². The van der Waals surface area contributed by atoms with Gasteiger partial charge < -0.3 is 14.8 Å². The van der Waals surface area contributed by atoms with Crippen molar-refractivity contribution in [1.82, 2.24) is 5.32 Å². The zero-order valence-electron chi connectivity index (χ0n) is 18.5. The first-order chi connectivity index (χ1) is 15.8. The van der Waals surface area contributed by atoms with E-state index in [0.717, 1.165) is 4.31 Å². The molecule has 0 heterocycles. The summed E-state index contributed by atoms with van der Waals surface area (Å²) in [4.78, 5) is 12.9. The van der Waals surface area contributed by atoms with Crippen LogP contribution < -0.4 is 19.1 Å². The lowest BCUT2D eigenvalue weighted by molar-refractivity contribution is -0.120. The van der Waals surface area contributed by atoms with Crippen molar-refractivity contribution in [2.75, 3.05) is 25.1 Å². The lowest BCUT2D eigenvalue weighted by Gasteiger charge is -2.26. The number of hydrogen-bond acceptors (Lipinski definition) is 5.